The van der Waals surface area contributed by atoms with Gasteiger partial charge in [-0.3, -0.25) is 0 Å². The molecule has 112 valence electrons. The zero-order valence-corrected chi connectivity index (χ0v) is 13.0. The molecule has 0 aliphatic heterocycles. The number of sulfonamides is 1. The van der Waals surface area contributed by atoms with Gasteiger partial charge in [0.2, 0.25) is 10.0 Å². The molecule has 0 spiro atoms. The van der Waals surface area contributed by atoms with Crippen molar-refractivity contribution in [3.63, 3.8) is 0 Å². The Balaban J connectivity index is 2.15. The molecule has 6 heteroatoms. The molecule has 1 aliphatic carbocycles. The number of rotatable bonds is 5. The molecule has 3 N–H and O–H groups in total. The van der Waals surface area contributed by atoms with Gasteiger partial charge in [0.1, 0.15) is 4.90 Å². The largest absolute Gasteiger partial charge is 0.329 e. The van der Waals surface area contributed by atoms with E-state index < -0.39 is 10.0 Å². The van der Waals surface area contributed by atoms with Gasteiger partial charge in [0, 0.05) is 12.6 Å². The van der Waals surface area contributed by atoms with Crippen LogP contribution >= 0.6 is 11.6 Å². The Hall–Kier alpha value is -0.620. The minimum atomic E-state index is -3.61. The van der Waals surface area contributed by atoms with Crippen LogP contribution in [0.4, 0.5) is 0 Å². The summed E-state index contributed by atoms with van der Waals surface area (Å²) in [5.41, 5.74) is 5.77. The van der Waals surface area contributed by atoms with Crippen LogP contribution in [0.3, 0.4) is 0 Å². The first-order valence-electron chi connectivity index (χ1n) is 7.01. The fraction of sp³-hybridized carbons (Fsp3) is 0.571. The normalized spacial score (nSPS) is 18.9. The van der Waals surface area contributed by atoms with E-state index in [1.807, 2.05) is 0 Å². The third kappa shape index (κ3) is 3.73. The summed E-state index contributed by atoms with van der Waals surface area (Å²) in [6.45, 7) is 0.314. The van der Waals surface area contributed by atoms with Crippen LogP contribution < -0.4 is 10.5 Å². The van der Waals surface area contributed by atoms with E-state index in [9.17, 15) is 8.42 Å². The summed E-state index contributed by atoms with van der Waals surface area (Å²) in [5, 5.41) is 0.236. The predicted molar refractivity (Wildman–Crippen MR) is 81.2 cm³/mol. The highest BCUT2D eigenvalue weighted by molar-refractivity contribution is 7.89. The van der Waals surface area contributed by atoms with Gasteiger partial charge in [0.15, 0.2) is 0 Å². The van der Waals surface area contributed by atoms with E-state index >= 15 is 0 Å². The van der Waals surface area contributed by atoms with E-state index in [4.69, 9.17) is 17.3 Å². The van der Waals surface area contributed by atoms with Crippen molar-refractivity contribution in [3.05, 3.63) is 29.3 Å². The zero-order chi connectivity index (χ0) is 14.6. The van der Waals surface area contributed by atoms with E-state index in [0.717, 1.165) is 25.7 Å². The van der Waals surface area contributed by atoms with Crippen LogP contribution in [0.5, 0.6) is 0 Å². The minimum absolute atomic E-state index is 0.121. The van der Waals surface area contributed by atoms with Crippen molar-refractivity contribution in [2.24, 2.45) is 11.7 Å². The predicted octanol–water partition coefficient (Wildman–Crippen LogP) is 2.53. The first-order valence-corrected chi connectivity index (χ1v) is 8.87. The minimum Gasteiger partial charge on any atom is -0.329 e. The van der Waals surface area contributed by atoms with Crippen LogP contribution in [0, 0.1) is 5.92 Å². The van der Waals surface area contributed by atoms with E-state index in [1.54, 1.807) is 18.2 Å². The third-order valence-corrected chi connectivity index (χ3v) is 5.90. The van der Waals surface area contributed by atoms with Crippen LogP contribution in [0.1, 0.15) is 32.1 Å². The van der Waals surface area contributed by atoms with Gasteiger partial charge in [-0.25, -0.2) is 13.1 Å². The Morgan fingerprint density at radius 2 is 1.90 bits per heavy atom. The second kappa shape index (κ2) is 6.89. The van der Waals surface area contributed by atoms with Crippen molar-refractivity contribution in [2.45, 2.75) is 43.0 Å². The monoisotopic (exact) mass is 316 g/mol. The molecule has 1 aromatic rings. The Kier molecular flexibility index (Phi) is 5.43. The smallest absolute Gasteiger partial charge is 0.242 e. The number of halogens is 1. The Bertz CT molecular complexity index is 542. The molecule has 4 nitrogen and oxygen atoms in total. The molecule has 1 saturated carbocycles. The standard InChI is InChI=1S/C14H21ClN2O2S/c15-12-8-4-5-9-14(12)20(18,19)17-13(10-16)11-6-2-1-3-7-11/h4-5,8-9,11,13,17H,1-3,6-7,10,16H2. The maximum atomic E-state index is 12.4. The van der Waals surface area contributed by atoms with Crippen molar-refractivity contribution in [1.82, 2.24) is 4.72 Å². The summed E-state index contributed by atoms with van der Waals surface area (Å²) in [6, 6.07) is 6.26. The molecular weight excluding hydrogens is 296 g/mol. The van der Waals surface area contributed by atoms with Crippen LogP contribution in [0.2, 0.25) is 5.02 Å². The molecular formula is C14H21ClN2O2S. The van der Waals surface area contributed by atoms with Gasteiger partial charge in [-0.2, -0.15) is 0 Å². The zero-order valence-electron chi connectivity index (χ0n) is 11.4. The molecule has 1 unspecified atom stereocenters. The van der Waals surface area contributed by atoms with E-state index in [-0.39, 0.29) is 16.0 Å². The fourth-order valence-electron chi connectivity index (χ4n) is 2.80. The number of benzene rings is 1. The summed E-state index contributed by atoms with van der Waals surface area (Å²) < 4.78 is 27.6. The lowest BCUT2D eigenvalue weighted by Gasteiger charge is -2.29. The molecule has 0 heterocycles. The first-order chi connectivity index (χ1) is 9.54. The SMILES string of the molecule is NCC(NS(=O)(=O)c1ccccc1Cl)C1CCCCC1. The molecule has 1 aromatic carbocycles. The molecule has 0 saturated heterocycles. The lowest BCUT2D eigenvalue weighted by atomic mass is 9.84. The van der Waals surface area contributed by atoms with Crippen molar-refractivity contribution < 1.29 is 8.42 Å². The molecule has 1 atom stereocenters. The number of nitrogens with two attached hydrogens (primary N) is 1. The third-order valence-electron chi connectivity index (χ3n) is 3.91. The quantitative estimate of drug-likeness (QED) is 0.876. The lowest BCUT2D eigenvalue weighted by molar-refractivity contribution is 0.294. The second-order valence-corrected chi connectivity index (χ2v) is 7.38. The van der Waals surface area contributed by atoms with Gasteiger partial charge in [0.05, 0.1) is 5.02 Å². The molecule has 1 fully saturated rings. The number of hydrogen-bond donors (Lipinski definition) is 2. The molecule has 0 bridgehead atoms. The van der Waals surface area contributed by atoms with Gasteiger partial charge in [-0.15, -0.1) is 0 Å². The van der Waals surface area contributed by atoms with Gasteiger partial charge in [-0.05, 0) is 30.9 Å². The van der Waals surface area contributed by atoms with Gasteiger partial charge in [0.25, 0.3) is 0 Å². The topological polar surface area (TPSA) is 72.2 Å². The average Bonchev–Trinajstić information content (AvgIpc) is 2.46. The van der Waals surface area contributed by atoms with Gasteiger partial charge < -0.3 is 5.73 Å². The molecule has 0 amide bonds. The first kappa shape index (κ1) is 15.8. The highest BCUT2D eigenvalue weighted by atomic mass is 35.5. The van der Waals surface area contributed by atoms with Gasteiger partial charge in [-0.1, -0.05) is 43.0 Å². The molecule has 20 heavy (non-hydrogen) atoms. The highest BCUT2D eigenvalue weighted by Gasteiger charge is 2.28. The Morgan fingerprint density at radius 3 is 2.50 bits per heavy atom. The Morgan fingerprint density at radius 1 is 1.25 bits per heavy atom. The van der Waals surface area contributed by atoms with Crippen molar-refractivity contribution >= 4 is 21.6 Å². The summed E-state index contributed by atoms with van der Waals surface area (Å²) in [6.07, 6.45) is 5.59. The molecule has 0 aromatic heterocycles. The highest BCUT2D eigenvalue weighted by Crippen LogP contribution is 2.28. The number of nitrogens with one attached hydrogen (secondary N) is 1. The van der Waals surface area contributed by atoms with Crippen molar-refractivity contribution in [1.29, 1.82) is 0 Å². The summed E-state index contributed by atoms with van der Waals surface area (Å²) in [7, 11) is -3.61. The number of hydrogen-bond acceptors (Lipinski definition) is 3. The fourth-order valence-corrected chi connectivity index (χ4v) is 4.64. The van der Waals surface area contributed by atoms with Crippen molar-refractivity contribution in [3.8, 4) is 0 Å². The van der Waals surface area contributed by atoms with E-state index in [1.165, 1.54) is 12.5 Å². The van der Waals surface area contributed by atoms with E-state index in [2.05, 4.69) is 4.72 Å². The maximum Gasteiger partial charge on any atom is 0.242 e. The van der Waals surface area contributed by atoms with Crippen LogP contribution in [0.25, 0.3) is 0 Å². The average molecular weight is 317 g/mol. The molecule has 0 radical (unpaired) electrons. The molecule has 1 aliphatic rings. The van der Waals surface area contributed by atoms with Crippen molar-refractivity contribution in [2.75, 3.05) is 6.54 Å². The summed E-state index contributed by atoms with van der Waals surface area (Å²) in [4.78, 5) is 0.121. The van der Waals surface area contributed by atoms with Crippen LogP contribution in [-0.2, 0) is 10.0 Å². The van der Waals surface area contributed by atoms with Crippen LogP contribution in [-0.4, -0.2) is 21.0 Å². The summed E-state index contributed by atoms with van der Waals surface area (Å²) >= 11 is 5.97. The molecule has 2 rings (SSSR count). The van der Waals surface area contributed by atoms with E-state index in [0.29, 0.717) is 12.5 Å². The lowest BCUT2D eigenvalue weighted by Crippen LogP contribution is -2.45. The van der Waals surface area contributed by atoms with Crippen LogP contribution in [0.15, 0.2) is 29.2 Å². The second-order valence-electron chi connectivity index (χ2n) is 5.29. The maximum absolute atomic E-state index is 12.4. The van der Waals surface area contributed by atoms with Gasteiger partial charge >= 0.3 is 0 Å². The summed E-state index contributed by atoms with van der Waals surface area (Å²) in [5.74, 6) is 0.325. The Labute approximate surface area is 125 Å².